The van der Waals surface area contributed by atoms with Crippen LogP contribution >= 0.6 is 11.8 Å². The van der Waals surface area contributed by atoms with Gasteiger partial charge >= 0.3 is 6.18 Å². The van der Waals surface area contributed by atoms with Gasteiger partial charge in [0.1, 0.15) is 0 Å². The number of aromatic amines is 1. The Kier molecular flexibility index (Phi) is 3.52. The molecule has 0 fully saturated rings. The average Bonchev–Trinajstić information content (AvgIpc) is 2.30. The fourth-order valence-corrected chi connectivity index (χ4v) is 2.26. The van der Waals surface area contributed by atoms with Crippen LogP contribution in [-0.4, -0.2) is 9.97 Å². The number of benzene rings is 1. The molecule has 2 rings (SSSR count). The number of nitrogens with one attached hydrogen (secondary N) is 1. The molecule has 0 aliphatic heterocycles. The molecule has 0 aliphatic rings. The third-order valence-corrected chi connectivity index (χ3v) is 3.14. The summed E-state index contributed by atoms with van der Waals surface area (Å²) in [6.07, 6.45) is -3.29. The molecular formula is C11H8F3N3OS. The second-order valence-corrected chi connectivity index (χ2v) is 4.63. The second kappa shape index (κ2) is 4.96. The highest BCUT2D eigenvalue weighted by Gasteiger charge is 2.34. The Morgan fingerprint density at radius 1 is 1.26 bits per heavy atom. The van der Waals surface area contributed by atoms with E-state index < -0.39 is 17.3 Å². The summed E-state index contributed by atoms with van der Waals surface area (Å²) < 4.78 is 38.5. The summed E-state index contributed by atoms with van der Waals surface area (Å²) in [6.45, 7) is 0. The van der Waals surface area contributed by atoms with E-state index in [1.165, 1.54) is 24.4 Å². The third-order valence-electron chi connectivity index (χ3n) is 2.16. The molecule has 0 spiro atoms. The first kappa shape index (κ1) is 13.5. The number of alkyl halides is 3. The van der Waals surface area contributed by atoms with Crippen LogP contribution < -0.4 is 11.3 Å². The molecule has 0 saturated heterocycles. The van der Waals surface area contributed by atoms with Gasteiger partial charge in [-0.3, -0.25) is 4.79 Å². The minimum absolute atomic E-state index is 0.0196. The van der Waals surface area contributed by atoms with Crippen LogP contribution in [0.2, 0.25) is 0 Å². The van der Waals surface area contributed by atoms with Crippen molar-refractivity contribution >= 4 is 17.4 Å². The topological polar surface area (TPSA) is 71.8 Å². The monoisotopic (exact) mass is 287 g/mol. The van der Waals surface area contributed by atoms with Crippen molar-refractivity contribution in [2.24, 2.45) is 0 Å². The summed E-state index contributed by atoms with van der Waals surface area (Å²) in [4.78, 5) is 17.1. The molecular weight excluding hydrogens is 279 g/mol. The predicted octanol–water partition coefficient (Wildman–Crippen LogP) is 2.52. The number of halogens is 3. The van der Waals surface area contributed by atoms with Gasteiger partial charge < -0.3 is 10.7 Å². The molecule has 0 bridgehead atoms. The number of nitrogen functional groups attached to an aromatic ring is 1. The molecule has 0 aliphatic carbocycles. The summed E-state index contributed by atoms with van der Waals surface area (Å²) in [5.41, 5.74) is 4.09. The zero-order valence-electron chi connectivity index (χ0n) is 9.36. The van der Waals surface area contributed by atoms with Crippen LogP contribution in [0.3, 0.4) is 0 Å². The number of nitrogens with zero attached hydrogens (tertiary/aromatic N) is 1. The highest BCUT2D eigenvalue weighted by molar-refractivity contribution is 7.99. The number of anilines is 1. The van der Waals surface area contributed by atoms with Crippen LogP contribution in [-0.2, 0) is 6.18 Å². The smallest absolute Gasteiger partial charge is 0.399 e. The van der Waals surface area contributed by atoms with Crippen LogP contribution in [0.1, 0.15) is 5.56 Å². The van der Waals surface area contributed by atoms with E-state index in [1.807, 2.05) is 0 Å². The first-order chi connectivity index (χ1) is 8.86. The second-order valence-electron chi connectivity index (χ2n) is 3.59. The minimum Gasteiger partial charge on any atom is -0.399 e. The average molecular weight is 287 g/mol. The standard InChI is InChI=1S/C11H8F3N3OS/c12-11(13,14)7-5-6(15)1-2-8(7)19-10-16-4-3-9(18)17-10/h1-5H,15H2,(H,16,17,18). The molecule has 1 aromatic carbocycles. The lowest BCUT2D eigenvalue weighted by molar-refractivity contribution is -0.139. The highest BCUT2D eigenvalue weighted by Crippen LogP contribution is 2.39. The number of H-pyrrole nitrogens is 1. The number of rotatable bonds is 2. The molecule has 8 heteroatoms. The van der Waals surface area contributed by atoms with E-state index in [4.69, 9.17) is 5.73 Å². The lowest BCUT2D eigenvalue weighted by Gasteiger charge is -2.12. The molecule has 1 heterocycles. The molecule has 0 unspecified atom stereocenters. The first-order valence-corrected chi connectivity index (χ1v) is 5.88. The van der Waals surface area contributed by atoms with Gasteiger partial charge in [-0.25, -0.2) is 4.98 Å². The van der Waals surface area contributed by atoms with Crippen LogP contribution in [0, 0.1) is 0 Å². The largest absolute Gasteiger partial charge is 0.417 e. The van der Waals surface area contributed by atoms with E-state index in [0.717, 1.165) is 17.8 Å². The van der Waals surface area contributed by atoms with E-state index >= 15 is 0 Å². The normalized spacial score (nSPS) is 11.5. The van der Waals surface area contributed by atoms with Gasteiger partial charge in [-0.2, -0.15) is 13.2 Å². The lowest BCUT2D eigenvalue weighted by atomic mass is 10.2. The van der Waals surface area contributed by atoms with Crippen LogP contribution in [0.25, 0.3) is 0 Å². The van der Waals surface area contributed by atoms with E-state index in [2.05, 4.69) is 9.97 Å². The minimum atomic E-state index is -4.52. The molecule has 1 aromatic heterocycles. The van der Waals surface area contributed by atoms with Crippen LogP contribution in [0.4, 0.5) is 18.9 Å². The molecule has 0 radical (unpaired) electrons. The first-order valence-electron chi connectivity index (χ1n) is 5.06. The summed E-state index contributed by atoms with van der Waals surface area (Å²) in [5, 5.41) is 0.0859. The van der Waals surface area contributed by atoms with Gasteiger partial charge in [0.25, 0.3) is 5.56 Å². The number of hydrogen-bond acceptors (Lipinski definition) is 4. The van der Waals surface area contributed by atoms with Gasteiger partial charge in [-0.15, -0.1) is 0 Å². The molecule has 0 atom stereocenters. The summed E-state index contributed by atoms with van der Waals surface area (Å²) in [7, 11) is 0. The molecule has 0 saturated carbocycles. The van der Waals surface area contributed by atoms with Crippen molar-refractivity contribution in [3.05, 3.63) is 46.4 Å². The molecule has 100 valence electrons. The Hall–Kier alpha value is -1.96. The molecule has 0 amide bonds. The van der Waals surface area contributed by atoms with E-state index in [0.29, 0.717) is 0 Å². The zero-order chi connectivity index (χ0) is 14.0. The Morgan fingerprint density at radius 2 is 2.00 bits per heavy atom. The quantitative estimate of drug-likeness (QED) is 0.657. The Morgan fingerprint density at radius 3 is 2.63 bits per heavy atom. The SMILES string of the molecule is Nc1ccc(Sc2nccc(=O)[nH]2)c(C(F)(F)F)c1. The van der Waals surface area contributed by atoms with Gasteiger partial charge in [-0.1, -0.05) is 11.8 Å². The van der Waals surface area contributed by atoms with E-state index in [-0.39, 0.29) is 15.7 Å². The van der Waals surface area contributed by atoms with Crippen molar-refractivity contribution in [1.29, 1.82) is 0 Å². The van der Waals surface area contributed by atoms with Crippen LogP contribution in [0.5, 0.6) is 0 Å². The van der Waals surface area contributed by atoms with Crippen molar-refractivity contribution < 1.29 is 13.2 Å². The highest BCUT2D eigenvalue weighted by atomic mass is 32.2. The Bertz CT molecular complexity index is 654. The van der Waals surface area contributed by atoms with Crippen molar-refractivity contribution in [2.75, 3.05) is 5.73 Å². The Labute approximate surface area is 109 Å². The zero-order valence-corrected chi connectivity index (χ0v) is 10.2. The maximum Gasteiger partial charge on any atom is 0.417 e. The maximum absolute atomic E-state index is 12.8. The van der Waals surface area contributed by atoms with Crippen molar-refractivity contribution in [3.8, 4) is 0 Å². The van der Waals surface area contributed by atoms with Crippen LogP contribution in [0.15, 0.2) is 45.3 Å². The van der Waals surface area contributed by atoms with Crippen molar-refractivity contribution in [2.45, 2.75) is 16.2 Å². The predicted molar refractivity (Wildman–Crippen MR) is 64.8 cm³/mol. The molecule has 2 aromatic rings. The third kappa shape index (κ3) is 3.28. The Balaban J connectivity index is 2.43. The van der Waals surface area contributed by atoms with Gasteiger partial charge in [-0.05, 0) is 18.2 Å². The fourth-order valence-electron chi connectivity index (χ4n) is 1.37. The summed E-state index contributed by atoms with van der Waals surface area (Å²) >= 11 is 0.722. The molecule has 3 N–H and O–H groups in total. The molecule has 4 nitrogen and oxygen atoms in total. The molecule has 19 heavy (non-hydrogen) atoms. The van der Waals surface area contributed by atoms with Gasteiger partial charge in [0.2, 0.25) is 0 Å². The summed E-state index contributed by atoms with van der Waals surface area (Å²) in [6, 6.07) is 4.63. The lowest BCUT2D eigenvalue weighted by Crippen LogP contribution is -2.09. The fraction of sp³-hybridized carbons (Fsp3) is 0.0909. The number of aromatic nitrogens is 2. The summed E-state index contributed by atoms with van der Waals surface area (Å²) in [5.74, 6) is 0. The van der Waals surface area contributed by atoms with Gasteiger partial charge in [0, 0.05) is 22.8 Å². The van der Waals surface area contributed by atoms with E-state index in [1.54, 1.807) is 0 Å². The number of hydrogen-bond donors (Lipinski definition) is 2. The maximum atomic E-state index is 12.8. The number of nitrogens with two attached hydrogens (primary N) is 1. The van der Waals surface area contributed by atoms with Crippen molar-refractivity contribution in [1.82, 2.24) is 9.97 Å². The van der Waals surface area contributed by atoms with Crippen molar-refractivity contribution in [3.63, 3.8) is 0 Å². The van der Waals surface area contributed by atoms with Gasteiger partial charge in [0.15, 0.2) is 5.16 Å². The van der Waals surface area contributed by atoms with E-state index in [9.17, 15) is 18.0 Å². The van der Waals surface area contributed by atoms with Gasteiger partial charge in [0.05, 0.1) is 5.56 Å².